The maximum atomic E-state index is 13.2. The summed E-state index contributed by atoms with van der Waals surface area (Å²) in [6.07, 6.45) is -1.12. The van der Waals surface area contributed by atoms with Crippen LogP contribution in [-0.4, -0.2) is 5.11 Å². The van der Waals surface area contributed by atoms with Gasteiger partial charge in [0.2, 0.25) is 0 Å². The summed E-state index contributed by atoms with van der Waals surface area (Å²) in [5, 5.41) is 12.0. The summed E-state index contributed by atoms with van der Waals surface area (Å²) in [5.41, 5.74) is 1.78. The predicted molar refractivity (Wildman–Crippen MR) is 103 cm³/mol. The largest absolute Gasteiger partial charge is 0.455 e. The number of aliphatic hydroxyl groups excluding tert-OH is 1. The molecule has 26 heavy (non-hydrogen) atoms. The molecule has 1 atom stereocenters. The van der Waals surface area contributed by atoms with Gasteiger partial charge in [0.05, 0.1) is 10.9 Å². The first-order valence-corrected chi connectivity index (χ1v) is 8.57. The van der Waals surface area contributed by atoms with Crippen LogP contribution in [0.1, 0.15) is 17.2 Å². The zero-order valence-electron chi connectivity index (χ0n) is 13.7. The van der Waals surface area contributed by atoms with Crippen LogP contribution in [0.2, 0.25) is 5.02 Å². The minimum absolute atomic E-state index is 0.220. The van der Waals surface area contributed by atoms with Gasteiger partial charge in [-0.2, -0.15) is 0 Å². The normalized spacial score (nSPS) is 12.2. The zero-order chi connectivity index (χ0) is 18.1. The average Bonchev–Trinajstić information content (AvgIpc) is 2.69. The highest BCUT2D eigenvalue weighted by Gasteiger charge is 2.23. The summed E-state index contributed by atoms with van der Waals surface area (Å²) in [7, 11) is 0. The average molecular weight is 363 g/mol. The standard InChI is InChI=1S/C22H15ClO3/c23-16-12-10-14(11-13-16)20(24)19-21(25)17-8-4-5-9-18(17)26-22(19)15-6-2-1-3-7-15/h1-13,20,24H. The molecule has 4 rings (SSSR count). The van der Waals surface area contributed by atoms with Crippen LogP contribution in [0.5, 0.6) is 0 Å². The maximum Gasteiger partial charge on any atom is 0.199 e. The lowest BCUT2D eigenvalue weighted by Gasteiger charge is -2.16. The molecule has 3 nitrogen and oxygen atoms in total. The fraction of sp³-hybridized carbons (Fsp3) is 0.0455. The first-order valence-electron chi connectivity index (χ1n) is 8.20. The van der Waals surface area contributed by atoms with Gasteiger partial charge in [0.1, 0.15) is 17.4 Å². The molecule has 0 fully saturated rings. The van der Waals surface area contributed by atoms with Gasteiger partial charge < -0.3 is 9.52 Å². The quantitative estimate of drug-likeness (QED) is 0.545. The first kappa shape index (κ1) is 16.6. The van der Waals surface area contributed by atoms with Crippen molar-refractivity contribution in [1.82, 2.24) is 0 Å². The van der Waals surface area contributed by atoms with Crippen molar-refractivity contribution >= 4 is 22.6 Å². The summed E-state index contributed by atoms with van der Waals surface area (Å²) >= 11 is 5.94. The molecule has 1 heterocycles. The van der Waals surface area contributed by atoms with E-state index in [9.17, 15) is 9.90 Å². The van der Waals surface area contributed by atoms with E-state index in [4.69, 9.17) is 16.0 Å². The summed E-state index contributed by atoms with van der Waals surface area (Å²) in [4.78, 5) is 13.2. The second-order valence-electron chi connectivity index (χ2n) is 5.99. The number of para-hydroxylation sites is 1. The van der Waals surface area contributed by atoms with E-state index in [0.717, 1.165) is 5.56 Å². The van der Waals surface area contributed by atoms with E-state index in [1.54, 1.807) is 42.5 Å². The lowest BCUT2D eigenvalue weighted by atomic mass is 9.96. The molecule has 0 amide bonds. The van der Waals surface area contributed by atoms with Crippen molar-refractivity contribution in [2.24, 2.45) is 0 Å². The van der Waals surface area contributed by atoms with E-state index in [0.29, 0.717) is 27.3 Å². The Balaban J connectivity index is 2.01. The number of hydrogen-bond acceptors (Lipinski definition) is 3. The van der Waals surface area contributed by atoms with Crippen LogP contribution in [0.3, 0.4) is 0 Å². The van der Waals surface area contributed by atoms with E-state index >= 15 is 0 Å². The third-order valence-corrected chi connectivity index (χ3v) is 4.58. The molecule has 4 heteroatoms. The molecule has 0 aliphatic heterocycles. The molecular formula is C22H15ClO3. The Hall–Kier alpha value is -2.88. The number of fused-ring (bicyclic) bond motifs is 1. The van der Waals surface area contributed by atoms with Gasteiger partial charge in [0.25, 0.3) is 0 Å². The Morgan fingerprint density at radius 1 is 0.846 bits per heavy atom. The molecule has 0 saturated carbocycles. The van der Waals surface area contributed by atoms with Crippen LogP contribution in [0, 0.1) is 0 Å². The fourth-order valence-electron chi connectivity index (χ4n) is 3.02. The molecule has 0 aliphatic carbocycles. The minimum atomic E-state index is -1.12. The van der Waals surface area contributed by atoms with E-state index in [1.807, 2.05) is 36.4 Å². The van der Waals surface area contributed by atoms with Crippen molar-refractivity contribution in [3.05, 3.63) is 105 Å². The van der Waals surface area contributed by atoms with Crippen LogP contribution in [0.25, 0.3) is 22.3 Å². The highest BCUT2D eigenvalue weighted by atomic mass is 35.5. The molecular weight excluding hydrogens is 348 g/mol. The van der Waals surface area contributed by atoms with Gasteiger partial charge in [-0.05, 0) is 29.8 Å². The third kappa shape index (κ3) is 2.92. The van der Waals surface area contributed by atoms with Crippen molar-refractivity contribution in [3.8, 4) is 11.3 Å². The number of benzene rings is 3. The monoisotopic (exact) mass is 362 g/mol. The number of halogens is 1. The molecule has 1 N–H and O–H groups in total. The molecule has 4 aromatic rings. The Morgan fingerprint density at radius 3 is 2.23 bits per heavy atom. The zero-order valence-corrected chi connectivity index (χ0v) is 14.5. The summed E-state index contributed by atoms with van der Waals surface area (Å²) in [6, 6.07) is 23.1. The lowest BCUT2D eigenvalue weighted by molar-refractivity contribution is 0.217. The third-order valence-electron chi connectivity index (χ3n) is 4.33. The molecule has 128 valence electrons. The summed E-state index contributed by atoms with van der Waals surface area (Å²) in [5.74, 6) is 0.372. The molecule has 0 saturated heterocycles. The van der Waals surface area contributed by atoms with Crippen molar-refractivity contribution in [1.29, 1.82) is 0 Å². The molecule has 1 aromatic heterocycles. The van der Waals surface area contributed by atoms with Crippen molar-refractivity contribution in [3.63, 3.8) is 0 Å². The van der Waals surface area contributed by atoms with E-state index in [1.165, 1.54) is 0 Å². The van der Waals surface area contributed by atoms with Gasteiger partial charge in [0, 0.05) is 10.6 Å². The van der Waals surface area contributed by atoms with Crippen LogP contribution < -0.4 is 5.43 Å². The van der Waals surface area contributed by atoms with Crippen molar-refractivity contribution in [2.45, 2.75) is 6.10 Å². The molecule has 3 aromatic carbocycles. The van der Waals surface area contributed by atoms with E-state index in [2.05, 4.69) is 0 Å². The van der Waals surface area contributed by atoms with Gasteiger partial charge in [-0.15, -0.1) is 0 Å². The lowest BCUT2D eigenvalue weighted by Crippen LogP contribution is -2.16. The fourth-order valence-corrected chi connectivity index (χ4v) is 3.15. The Labute approximate surface area is 155 Å². The van der Waals surface area contributed by atoms with Crippen LogP contribution in [-0.2, 0) is 0 Å². The molecule has 1 unspecified atom stereocenters. The molecule has 0 aliphatic rings. The first-order chi connectivity index (χ1) is 12.6. The van der Waals surface area contributed by atoms with Gasteiger partial charge in [-0.3, -0.25) is 4.79 Å². The summed E-state index contributed by atoms with van der Waals surface area (Å²) < 4.78 is 6.04. The topological polar surface area (TPSA) is 50.4 Å². The van der Waals surface area contributed by atoms with Crippen molar-refractivity contribution in [2.75, 3.05) is 0 Å². The second kappa shape index (κ2) is 6.79. The Kier molecular flexibility index (Phi) is 4.33. The van der Waals surface area contributed by atoms with E-state index in [-0.39, 0.29) is 11.0 Å². The highest BCUT2D eigenvalue weighted by Crippen LogP contribution is 2.32. The SMILES string of the molecule is O=c1c(C(O)c2ccc(Cl)cc2)c(-c2ccccc2)oc2ccccc12. The number of aliphatic hydroxyl groups is 1. The molecule has 0 bridgehead atoms. The highest BCUT2D eigenvalue weighted by molar-refractivity contribution is 6.30. The summed E-state index contributed by atoms with van der Waals surface area (Å²) in [6.45, 7) is 0. The second-order valence-corrected chi connectivity index (χ2v) is 6.43. The number of rotatable bonds is 3. The predicted octanol–water partition coefficient (Wildman–Crippen LogP) is 5.20. The van der Waals surface area contributed by atoms with Gasteiger partial charge in [0.15, 0.2) is 5.43 Å². The molecule has 0 radical (unpaired) electrons. The van der Waals surface area contributed by atoms with Crippen molar-refractivity contribution < 1.29 is 9.52 Å². The Bertz CT molecular complexity index is 1120. The minimum Gasteiger partial charge on any atom is -0.455 e. The van der Waals surface area contributed by atoms with Crippen LogP contribution in [0.15, 0.2) is 88.1 Å². The van der Waals surface area contributed by atoms with Crippen LogP contribution >= 0.6 is 11.6 Å². The Morgan fingerprint density at radius 2 is 1.50 bits per heavy atom. The smallest absolute Gasteiger partial charge is 0.199 e. The maximum absolute atomic E-state index is 13.2. The van der Waals surface area contributed by atoms with Crippen LogP contribution in [0.4, 0.5) is 0 Å². The van der Waals surface area contributed by atoms with Gasteiger partial charge in [-0.1, -0.05) is 66.2 Å². The van der Waals surface area contributed by atoms with E-state index < -0.39 is 6.10 Å². The van der Waals surface area contributed by atoms with Gasteiger partial charge >= 0.3 is 0 Å². The number of hydrogen-bond donors (Lipinski definition) is 1. The molecule has 0 spiro atoms. The van der Waals surface area contributed by atoms with Gasteiger partial charge in [-0.25, -0.2) is 0 Å².